The number of oxazole rings is 1. The summed E-state index contributed by atoms with van der Waals surface area (Å²) in [6, 6.07) is 3.77. The van der Waals surface area contributed by atoms with E-state index in [4.69, 9.17) is 9.52 Å². The lowest BCUT2D eigenvalue weighted by molar-refractivity contribution is -0.145. The summed E-state index contributed by atoms with van der Waals surface area (Å²) in [6.07, 6.45) is -0.0164. The third kappa shape index (κ3) is 3.49. The molecule has 0 aliphatic carbocycles. The highest BCUT2D eigenvalue weighted by atomic mass is 32.1. The van der Waals surface area contributed by atoms with Crippen LogP contribution in [0.15, 0.2) is 21.9 Å². The van der Waals surface area contributed by atoms with Gasteiger partial charge < -0.3 is 14.8 Å². The molecule has 0 aliphatic rings. The first-order valence-corrected chi connectivity index (χ1v) is 7.22. The maximum atomic E-state index is 11.9. The van der Waals surface area contributed by atoms with Crippen molar-refractivity contribution in [1.82, 2.24) is 10.3 Å². The van der Waals surface area contributed by atoms with Crippen LogP contribution in [0.25, 0.3) is 10.8 Å². The van der Waals surface area contributed by atoms with Gasteiger partial charge in [-0.2, -0.15) is 0 Å². The number of aliphatic carboxylic acids is 1. The van der Waals surface area contributed by atoms with Gasteiger partial charge >= 0.3 is 5.97 Å². The lowest BCUT2D eigenvalue weighted by atomic mass is 10.1. The van der Waals surface area contributed by atoms with Gasteiger partial charge in [0.1, 0.15) is 11.3 Å². The zero-order chi connectivity index (χ0) is 15.6. The highest BCUT2D eigenvalue weighted by Crippen LogP contribution is 2.26. The van der Waals surface area contributed by atoms with E-state index in [1.165, 1.54) is 25.2 Å². The lowest BCUT2D eigenvalue weighted by Crippen LogP contribution is -2.50. The van der Waals surface area contributed by atoms with E-state index >= 15 is 0 Å². The third-order valence-electron chi connectivity index (χ3n) is 2.94. The summed E-state index contributed by atoms with van der Waals surface area (Å²) in [5, 5.41) is 13.4. The molecule has 1 amide bonds. The Morgan fingerprint density at radius 3 is 2.76 bits per heavy atom. The van der Waals surface area contributed by atoms with Crippen LogP contribution in [0.3, 0.4) is 0 Å². The molecular weight excluding hydrogens is 292 g/mol. The molecule has 0 saturated carbocycles. The van der Waals surface area contributed by atoms with E-state index in [0.29, 0.717) is 17.3 Å². The van der Waals surface area contributed by atoms with Crippen LogP contribution in [0.5, 0.6) is 0 Å². The number of nitrogens with one attached hydrogen (secondary N) is 1. The Bertz CT molecular complexity index is 659. The number of hydrogen-bond donors (Lipinski definition) is 2. The highest BCUT2D eigenvalue weighted by Gasteiger charge is 2.29. The second-order valence-corrected chi connectivity index (χ2v) is 6.10. The number of thiophene rings is 1. The minimum absolute atomic E-state index is 0.0164. The van der Waals surface area contributed by atoms with E-state index in [1.807, 2.05) is 17.5 Å². The van der Waals surface area contributed by atoms with Crippen LogP contribution < -0.4 is 5.32 Å². The van der Waals surface area contributed by atoms with Gasteiger partial charge in [0.25, 0.3) is 0 Å². The van der Waals surface area contributed by atoms with E-state index in [2.05, 4.69) is 10.3 Å². The topological polar surface area (TPSA) is 92.4 Å². The van der Waals surface area contributed by atoms with Crippen LogP contribution in [0, 0.1) is 6.92 Å². The van der Waals surface area contributed by atoms with Crippen molar-refractivity contribution in [1.29, 1.82) is 0 Å². The molecule has 0 fully saturated rings. The van der Waals surface area contributed by atoms with Crippen molar-refractivity contribution in [2.45, 2.75) is 32.7 Å². The van der Waals surface area contributed by atoms with Crippen molar-refractivity contribution in [2.75, 3.05) is 0 Å². The smallest absolute Gasteiger partial charge is 0.328 e. The SMILES string of the molecule is Cc1oc(-c2cccs2)nc1CC(=O)NC(C)(C)C(=O)O. The van der Waals surface area contributed by atoms with Crippen LogP contribution in [0.4, 0.5) is 0 Å². The Balaban J connectivity index is 2.10. The van der Waals surface area contributed by atoms with E-state index in [0.717, 1.165) is 4.88 Å². The van der Waals surface area contributed by atoms with Crippen molar-refractivity contribution in [3.8, 4) is 10.8 Å². The molecule has 0 saturated heterocycles. The molecule has 0 aliphatic heterocycles. The summed E-state index contributed by atoms with van der Waals surface area (Å²) in [5.74, 6) is -0.465. The predicted molar refractivity (Wildman–Crippen MR) is 78.1 cm³/mol. The van der Waals surface area contributed by atoms with Crippen molar-refractivity contribution in [2.24, 2.45) is 0 Å². The van der Waals surface area contributed by atoms with Crippen molar-refractivity contribution < 1.29 is 19.1 Å². The second kappa shape index (κ2) is 5.69. The number of carboxylic acid groups (broad SMARTS) is 1. The Hall–Kier alpha value is -2.15. The van der Waals surface area contributed by atoms with Crippen molar-refractivity contribution >= 4 is 23.2 Å². The second-order valence-electron chi connectivity index (χ2n) is 5.15. The molecule has 2 aromatic rings. The first-order valence-electron chi connectivity index (χ1n) is 6.34. The zero-order valence-electron chi connectivity index (χ0n) is 12.0. The molecular formula is C14H16N2O4S. The number of hydrogen-bond acceptors (Lipinski definition) is 5. The number of nitrogens with zero attached hydrogens (tertiary/aromatic N) is 1. The summed E-state index contributed by atoms with van der Waals surface area (Å²) in [4.78, 5) is 28.1. The van der Waals surface area contributed by atoms with Crippen molar-refractivity contribution in [3.05, 3.63) is 29.0 Å². The monoisotopic (exact) mass is 308 g/mol. The van der Waals surface area contributed by atoms with Gasteiger partial charge in [0.2, 0.25) is 11.8 Å². The molecule has 7 heteroatoms. The molecule has 2 aromatic heterocycles. The number of aromatic nitrogens is 1. The highest BCUT2D eigenvalue weighted by molar-refractivity contribution is 7.13. The average Bonchev–Trinajstić information content (AvgIpc) is 2.98. The molecule has 6 nitrogen and oxygen atoms in total. The summed E-state index contributed by atoms with van der Waals surface area (Å²) in [5.41, 5.74) is -0.803. The predicted octanol–water partition coefficient (Wildman–Crippen LogP) is 2.23. The zero-order valence-corrected chi connectivity index (χ0v) is 12.8. The summed E-state index contributed by atoms with van der Waals surface area (Å²) in [6.45, 7) is 4.59. The van der Waals surface area contributed by atoms with Crippen LogP contribution in [-0.2, 0) is 16.0 Å². The largest absolute Gasteiger partial charge is 0.480 e. The van der Waals surface area contributed by atoms with Gasteiger partial charge in [0, 0.05) is 0 Å². The fourth-order valence-electron chi connectivity index (χ4n) is 1.70. The molecule has 0 aromatic carbocycles. The van der Waals surface area contributed by atoms with Gasteiger partial charge in [0.15, 0.2) is 0 Å². The minimum atomic E-state index is -1.31. The Morgan fingerprint density at radius 1 is 1.48 bits per heavy atom. The van der Waals surface area contributed by atoms with E-state index < -0.39 is 17.4 Å². The van der Waals surface area contributed by atoms with E-state index in [9.17, 15) is 9.59 Å². The minimum Gasteiger partial charge on any atom is -0.480 e. The molecule has 2 N–H and O–H groups in total. The van der Waals surface area contributed by atoms with Gasteiger partial charge in [-0.15, -0.1) is 11.3 Å². The number of aryl methyl sites for hydroxylation is 1. The van der Waals surface area contributed by atoms with Gasteiger partial charge in [0.05, 0.1) is 17.0 Å². The first-order chi connectivity index (χ1) is 9.79. The summed E-state index contributed by atoms with van der Waals surface area (Å²) < 4.78 is 5.54. The Kier molecular flexibility index (Phi) is 4.13. The van der Waals surface area contributed by atoms with Gasteiger partial charge in [-0.3, -0.25) is 4.79 Å². The number of carbonyl (C=O) groups excluding carboxylic acids is 1. The molecule has 0 bridgehead atoms. The molecule has 2 rings (SSSR count). The lowest BCUT2D eigenvalue weighted by Gasteiger charge is -2.20. The van der Waals surface area contributed by atoms with Crippen molar-refractivity contribution in [3.63, 3.8) is 0 Å². The fourth-order valence-corrected chi connectivity index (χ4v) is 2.34. The summed E-state index contributed by atoms with van der Waals surface area (Å²) in [7, 11) is 0. The van der Waals surface area contributed by atoms with Crippen LogP contribution in [-0.4, -0.2) is 27.5 Å². The fraction of sp³-hybridized carbons (Fsp3) is 0.357. The van der Waals surface area contributed by atoms with Gasteiger partial charge in [-0.25, -0.2) is 9.78 Å². The Morgan fingerprint density at radius 2 is 2.19 bits per heavy atom. The molecule has 0 spiro atoms. The van der Waals surface area contributed by atoms with Crippen LogP contribution in [0.2, 0.25) is 0 Å². The summed E-state index contributed by atoms with van der Waals surface area (Å²) >= 11 is 1.50. The molecule has 0 atom stereocenters. The van der Waals surface area contributed by atoms with E-state index in [-0.39, 0.29) is 6.42 Å². The number of carbonyl (C=O) groups is 2. The molecule has 0 unspecified atom stereocenters. The molecule has 2 heterocycles. The molecule has 21 heavy (non-hydrogen) atoms. The van der Waals surface area contributed by atoms with Gasteiger partial charge in [-0.05, 0) is 32.2 Å². The standard InChI is InChI=1S/C14H16N2O4S/c1-8-9(7-11(17)16-14(2,3)13(18)19)15-12(20-8)10-5-4-6-21-10/h4-6H,7H2,1-3H3,(H,16,17)(H,18,19). The third-order valence-corrected chi connectivity index (χ3v) is 3.80. The average molecular weight is 308 g/mol. The molecule has 112 valence electrons. The maximum absolute atomic E-state index is 11.9. The molecule has 0 radical (unpaired) electrons. The van der Waals surface area contributed by atoms with E-state index in [1.54, 1.807) is 6.92 Å². The number of amides is 1. The quantitative estimate of drug-likeness (QED) is 0.883. The number of carboxylic acids is 1. The Labute approximate surface area is 125 Å². The first kappa shape index (κ1) is 15.2. The van der Waals surface area contributed by atoms with Crippen LogP contribution in [0.1, 0.15) is 25.3 Å². The normalized spacial score (nSPS) is 11.4. The van der Waals surface area contributed by atoms with Gasteiger partial charge in [-0.1, -0.05) is 6.07 Å². The number of rotatable bonds is 5. The maximum Gasteiger partial charge on any atom is 0.328 e. The van der Waals surface area contributed by atoms with Crippen LogP contribution >= 0.6 is 11.3 Å².